The Hall–Kier alpha value is -1.56. The summed E-state index contributed by atoms with van der Waals surface area (Å²) in [5, 5.41) is 5.59. The van der Waals surface area contributed by atoms with Crippen molar-refractivity contribution < 1.29 is 9.53 Å². The molecule has 6 heteroatoms. The number of hydrogen-bond donors (Lipinski definition) is 1. The molecule has 0 bridgehead atoms. The summed E-state index contributed by atoms with van der Waals surface area (Å²) in [7, 11) is 4.00. The third kappa shape index (κ3) is 5.02. The zero-order valence-corrected chi connectivity index (χ0v) is 14.2. The van der Waals surface area contributed by atoms with Crippen molar-refractivity contribution in [3.8, 4) is 5.75 Å². The molecule has 1 atom stereocenters. The van der Waals surface area contributed by atoms with Crippen LogP contribution in [0.15, 0.2) is 41.8 Å². The lowest BCUT2D eigenvalue weighted by atomic mass is 10.2. The molecule has 1 heterocycles. The lowest BCUT2D eigenvalue weighted by Gasteiger charge is -2.23. The van der Waals surface area contributed by atoms with Crippen molar-refractivity contribution in [3.63, 3.8) is 0 Å². The van der Waals surface area contributed by atoms with Crippen molar-refractivity contribution in [2.75, 3.05) is 27.2 Å². The van der Waals surface area contributed by atoms with E-state index in [9.17, 15) is 4.79 Å². The van der Waals surface area contributed by atoms with E-state index in [4.69, 9.17) is 16.3 Å². The zero-order chi connectivity index (χ0) is 15.9. The standard InChI is InChI=1S/C16H19ClN2O2S/c1-19(2)14(15-4-3-9-22-15)10-18-16(20)11-21-13-7-5-12(17)6-8-13/h3-9,14H,10-11H2,1-2H3,(H,18,20). The summed E-state index contributed by atoms with van der Waals surface area (Å²) in [6, 6.07) is 11.2. The molecule has 0 aliphatic heterocycles. The minimum Gasteiger partial charge on any atom is -0.484 e. The van der Waals surface area contributed by atoms with Gasteiger partial charge < -0.3 is 15.0 Å². The average molecular weight is 339 g/mol. The second kappa shape index (κ2) is 8.17. The first kappa shape index (κ1) is 16.8. The summed E-state index contributed by atoms with van der Waals surface area (Å²) >= 11 is 7.48. The molecule has 1 N–H and O–H groups in total. The smallest absolute Gasteiger partial charge is 0.258 e. The van der Waals surface area contributed by atoms with Gasteiger partial charge in [-0.05, 0) is 49.8 Å². The Bertz CT molecular complexity index is 585. The number of carbonyl (C=O) groups excluding carboxylic acids is 1. The summed E-state index contributed by atoms with van der Waals surface area (Å²) in [4.78, 5) is 15.2. The molecule has 2 aromatic rings. The van der Waals surface area contributed by atoms with Crippen LogP contribution in [0.2, 0.25) is 5.02 Å². The fourth-order valence-corrected chi connectivity index (χ4v) is 3.01. The van der Waals surface area contributed by atoms with Gasteiger partial charge in [0, 0.05) is 16.4 Å². The molecule has 2 rings (SSSR count). The van der Waals surface area contributed by atoms with Crippen LogP contribution in [0.5, 0.6) is 5.75 Å². The summed E-state index contributed by atoms with van der Waals surface area (Å²) in [6.45, 7) is 0.544. The number of halogens is 1. The number of ether oxygens (including phenoxy) is 1. The van der Waals surface area contributed by atoms with E-state index in [0.717, 1.165) is 0 Å². The van der Waals surface area contributed by atoms with Crippen molar-refractivity contribution in [1.82, 2.24) is 10.2 Å². The van der Waals surface area contributed by atoms with Gasteiger partial charge in [-0.1, -0.05) is 17.7 Å². The molecule has 118 valence electrons. The van der Waals surface area contributed by atoms with Gasteiger partial charge in [0.2, 0.25) is 0 Å². The molecule has 1 amide bonds. The highest BCUT2D eigenvalue weighted by molar-refractivity contribution is 7.10. The molecule has 0 spiro atoms. The van der Waals surface area contributed by atoms with Gasteiger partial charge in [0.25, 0.3) is 5.91 Å². The highest BCUT2D eigenvalue weighted by atomic mass is 35.5. The number of nitrogens with one attached hydrogen (secondary N) is 1. The van der Waals surface area contributed by atoms with Gasteiger partial charge in [-0.25, -0.2) is 0 Å². The molecule has 0 aliphatic rings. The average Bonchev–Trinajstić information content (AvgIpc) is 3.00. The van der Waals surface area contributed by atoms with Gasteiger partial charge in [0.1, 0.15) is 5.75 Å². The molecule has 0 saturated carbocycles. The highest BCUT2D eigenvalue weighted by Crippen LogP contribution is 2.22. The lowest BCUT2D eigenvalue weighted by molar-refractivity contribution is -0.123. The van der Waals surface area contributed by atoms with Gasteiger partial charge in [-0.3, -0.25) is 4.79 Å². The van der Waals surface area contributed by atoms with Crippen LogP contribution < -0.4 is 10.1 Å². The summed E-state index contributed by atoms with van der Waals surface area (Å²) in [5.41, 5.74) is 0. The topological polar surface area (TPSA) is 41.6 Å². The van der Waals surface area contributed by atoms with Crippen molar-refractivity contribution in [2.45, 2.75) is 6.04 Å². The fourth-order valence-electron chi connectivity index (χ4n) is 1.96. The maximum Gasteiger partial charge on any atom is 0.258 e. The number of nitrogens with zero attached hydrogens (tertiary/aromatic N) is 1. The maximum atomic E-state index is 11.9. The largest absolute Gasteiger partial charge is 0.484 e. The lowest BCUT2D eigenvalue weighted by Crippen LogP contribution is -2.36. The number of hydrogen-bond acceptors (Lipinski definition) is 4. The van der Waals surface area contributed by atoms with E-state index in [-0.39, 0.29) is 18.6 Å². The van der Waals surface area contributed by atoms with E-state index in [1.54, 1.807) is 35.6 Å². The number of rotatable bonds is 7. The van der Waals surface area contributed by atoms with E-state index >= 15 is 0 Å². The molecule has 22 heavy (non-hydrogen) atoms. The maximum absolute atomic E-state index is 11.9. The van der Waals surface area contributed by atoms with E-state index < -0.39 is 0 Å². The third-order valence-electron chi connectivity index (χ3n) is 3.17. The molecule has 0 saturated heterocycles. The highest BCUT2D eigenvalue weighted by Gasteiger charge is 2.16. The van der Waals surface area contributed by atoms with Gasteiger partial charge in [0.15, 0.2) is 6.61 Å². The van der Waals surface area contributed by atoms with Crippen LogP contribution in [0.1, 0.15) is 10.9 Å². The molecular formula is C16H19ClN2O2S. The SMILES string of the molecule is CN(C)C(CNC(=O)COc1ccc(Cl)cc1)c1cccs1. The number of benzene rings is 1. The first-order valence-corrected chi connectivity index (χ1v) is 8.17. The van der Waals surface area contributed by atoms with E-state index in [2.05, 4.69) is 16.3 Å². The first-order valence-electron chi connectivity index (χ1n) is 6.91. The van der Waals surface area contributed by atoms with Crippen LogP contribution in [-0.4, -0.2) is 38.1 Å². The molecule has 1 aromatic carbocycles. The van der Waals surface area contributed by atoms with Crippen molar-refractivity contribution in [3.05, 3.63) is 51.7 Å². The minimum atomic E-state index is -0.140. The second-order valence-electron chi connectivity index (χ2n) is 5.04. The Labute approximate surface area is 139 Å². The quantitative estimate of drug-likeness (QED) is 0.843. The number of carbonyl (C=O) groups is 1. The monoisotopic (exact) mass is 338 g/mol. The van der Waals surface area contributed by atoms with Crippen LogP contribution in [0, 0.1) is 0 Å². The van der Waals surface area contributed by atoms with Crippen molar-refractivity contribution >= 4 is 28.8 Å². The van der Waals surface area contributed by atoms with Gasteiger partial charge in [-0.15, -0.1) is 11.3 Å². The van der Waals surface area contributed by atoms with Crippen molar-refractivity contribution in [2.24, 2.45) is 0 Å². The Morgan fingerprint density at radius 2 is 2.05 bits per heavy atom. The normalized spacial score (nSPS) is 12.2. The molecule has 4 nitrogen and oxygen atoms in total. The van der Waals surface area contributed by atoms with E-state index in [1.807, 2.05) is 25.5 Å². The van der Waals surface area contributed by atoms with Crippen LogP contribution in [0.3, 0.4) is 0 Å². The van der Waals surface area contributed by atoms with Gasteiger partial charge in [0.05, 0.1) is 6.04 Å². The number of thiophene rings is 1. The minimum absolute atomic E-state index is 0.00772. The molecule has 0 aliphatic carbocycles. The third-order valence-corrected chi connectivity index (χ3v) is 4.40. The molecule has 1 unspecified atom stereocenters. The summed E-state index contributed by atoms with van der Waals surface area (Å²) in [6.07, 6.45) is 0. The van der Waals surface area contributed by atoms with Crippen molar-refractivity contribution in [1.29, 1.82) is 0 Å². The van der Waals surface area contributed by atoms with E-state index in [1.165, 1.54) is 4.88 Å². The molecular weight excluding hydrogens is 320 g/mol. The molecule has 1 aromatic heterocycles. The van der Waals surface area contributed by atoms with E-state index in [0.29, 0.717) is 17.3 Å². The van der Waals surface area contributed by atoms with Crippen LogP contribution >= 0.6 is 22.9 Å². The summed E-state index contributed by atoms with van der Waals surface area (Å²) < 4.78 is 5.42. The van der Waals surface area contributed by atoms with Gasteiger partial charge >= 0.3 is 0 Å². The van der Waals surface area contributed by atoms with Crippen LogP contribution in [-0.2, 0) is 4.79 Å². The Morgan fingerprint density at radius 3 is 2.64 bits per heavy atom. The Balaban J connectivity index is 1.80. The Kier molecular flexibility index (Phi) is 6.24. The van der Waals surface area contributed by atoms with Crippen LogP contribution in [0.4, 0.5) is 0 Å². The molecule has 0 radical (unpaired) electrons. The predicted octanol–water partition coefficient (Wildman–Crippen LogP) is 3.20. The van der Waals surface area contributed by atoms with Gasteiger partial charge in [-0.2, -0.15) is 0 Å². The number of amides is 1. The zero-order valence-electron chi connectivity index (χ0n) is 12.6. The second-order valence-corrected chi connectivity index (χ2v) is 6.46. The molecule has 0 fully saturated rings. The predicted molar refractivity (Wildman–Crippen MR) is 90.7 cm³/mol. The number of likely N-dealkylation sites (N-methyl/N-ethyl adjacent to an activating group) is 1. The van der Waals surface area contributed by atoms with Crippen LogP contribution in [0.25, 0.3) is 0 Å². The fraction of sp³-hybridized carbons (Fsp3) is 0.312. The summed E-state index contributed by atoms with van der Waals surface area (Å²) in [5.74, 6) is 0.486. The Morgan fingerprint density at radius 1 is 1.32 bits per heavy atom. The first-order chi connectivity index (χ1) is 10.6.